The Bertz CT molecular complexity index is 967. The fraction of sp³-hybridized carbons (Fsp3) is 0.444. The summed E-state index contributed by atoms with van der Waals surface area (Å²) in [6, 6.07) is 18.1. The summed E-state index contributed by atoms with van der Waals surface area (Å²) < 4.78 is 11.2. The van der Waals surface area contributed by atoms with Crippen LogP contribution in [0, 0.1) is 0 Å². The fourth-order valence-electron chi connectivity index (χ4n) is 5.67. The molecule has 0 unspecified atom stereocenters. The first-order valence-corrected chi connectivity index (χ1v) is 12.2. The molecule has 1 aliphatic carbocycles. The van der Waals surface area contributed by atoms with Crippen molar-refractivity contribution in [1.82, 2.24) is 15.5 Å². The fourth-order valence-corrected chi connectivity index (χ4v) is 5.92. The molecule has 3 atom stereocenters. The molecule has 0 aromatic heterocycles. The maximum Gasteiger partial charge on any atom is 0.166 e. The molecule has 2 aromatic rings. The molecule has 1 aliphatic heterocycles. The van der Waals surface area contributed by atoms with Crippen LogP contribution in [0.2, 0.25) is 0 Å². The van der Waals surface area contributed by atoms with Crippen LogP contribution in [0.1, 0.15) is 36.8 Å². The van der Waals surface area contributed by atoms with Gasteiger partial charge in [-0.2, -0.15) is 0 Å². The Hall–Kier alpha value is -2.57. The van der Waals surface area contributed by atoms with Crippen LogP contribution in [0.15, 0.2) is 61.2 Å². The highest BCUT2D eigenvalue weighted by Crippen LogP contribution is 2.50. The van der Waals surface area contributed by atoms with Crippen molar-refractivity contribution in [2.24, 2.45) is 0 Å². The van der Waals surface area contributed by atoms with E-state index in [4.69, 9.17) is 21.7 Å². The first-order valence-electron chi connectivity index (χ1n) is 11.8. The van der Waals surface area contributed by atoms with Gasteiger partial charge in [0.25, 0.3) is 0 Å². The molecule has 33 heavy (non-hydrogen) atoms. The molecule has 1 saturated heterocycles. The Morgan fingerprint density at radius 2 is 1.94 bits per heavy atom. The average Bonchev–Trinajstić information content (AvgIpc) is 3.21. The van der Waals surface area contributed by atoms with Gasteiger partial charge < -0.3 is 20.1 Å². The molecule has 2 N–H and O–H groups in total. The van der Waals surface area contributed by atoms with Gasteiger partial charge in [0.1, 0.15) is 0 Å². The van der Waals surface area contributed by atoms with Gasteiger partial charge in [-0.3, -0.25) is 4.90 Å². The maximum atomic E-state index is 5.66. The van der Waals surface area contributed by atoms with Crippen LogP contribution >= 0.6 is 12.2 Å². The normalized spacial score (nSPS) is 24.5. The predicted molar refractivity (Wildman–Crippen MR) is 138 cm³/mol. The molecule has 1 heterocycles. The second kappa shape index (κ2) is 10.6. The highest BCUT2D eigenvalue weighted by atomic mass is 32.1. The molecular weight excluding hydrogens is 430 g/mol. The number of nitrogens with zero attached hydrogens (tertiary/aromatic N) is 1. The zero-order valence-electron chi connectivity index (χ0n) is 19.7. The minimum atomic E-state index is 0.0999. The van der Waals surface area contributed by atoms with Gasteiger partial charge >= 0.3 is 0 Å². The summed E-state index contributed by atoms with van der Waals surface area (Å²) >= 11 is 5.52. The average molecular weight is 466 g/mol. The van der Waals surface area contributed by atoms with Crippen molar-refractivity contribution in [3.8, 4) is 11.5 Å². The monoisotopic (exact) mass is 465 g/mol. The maximum absolute atomic E-state index is 5.66. The number of thiocarbonyl (C=S) groups is 1. The summed E-state index contributed by atoms with van der Waals surface area (Å²) in [6.07, 6.45) is 6.22. The van der Waals surface area contributed by atoms with Crippen molar-refractivity contribution >= 4 is 17.3 Å². The van der Waals surface area contributed by atoms with Crippen LogP contribution < -0.4 is 20.1 Å². The molecule has 4 rings (SSSR count). The zero-order chi connectivity index (χ0) is 23.3. The Morgan fingerprint density at radius 3 is 2.67 bits per heavy atom. The number of nitrogens with one attached hydrogen (secondary N) is 2. The second-order valence-corrected chi connectivity index (χ2v) is 9.47. The Kier molecular flexibility index (Phi) is 7.56. The zero-order valence-corrected chi connectivity index (χ0v) is 20.5. The first-order chi connectivity index (χ1) is 16.1. The lowest BCUT2D eigenvalue weighted by atomic mass is 9.65. The number of benzene rings is 2. The predicted octanol–water partition coefficient (Wildman–Crippen LogP) is 4.42. The third-order valence-electron chi connectivity index (χ3n) is 7.30. The van der Waals surface area contributed by atoms with Crippen LogP contribution in [0.5, 0.6) is 11.5 Å². The molecule has 6 heteroatoms. The number of ether oxygens (including phenoxy) is 2. The van der Waals surface area contributed by atoms with E-state index in [2.05, 4.69) is 70.6 Å². The van der Waals surface area contributed by atoms with Crippen LogP contribution in [-0.4, -0.2) is 49.4 Å². The topological polar surface area (TPSA) is 45.8 Å². The van der Waals surface area contributed by atoms with E-state index in [1.807, 2.05) is 6.08 Å². The van der Waals surface area contributed by atoms with Gasteiger partial charge in [-0.15, -0.1) is 6.58 Å². The van der Waals surface area contributed by atoms with Gasteiger partial charge in [0, 0.05) is 30.6 Å². The Labute approximate surface area is 203 Å². The molecular formula is C27H35N3O2S. The lowest BCUT2D eigenvalue weighted by Gasteiger charge is -2.46. The van der Waals surface area contributed by atoms with Crippen LogP contribution in [0.4, 0.5) is 0 Å². The largest absolute Gasteiger partial charge is 0.493 e. The van der Waals surface area contributed by atoms with Crippen LogP contribution in [0.25, 0.3) is 0 Å². The summed E-state index contributed by atoms with van der Waals surface area (Å²) in [4.78, 5) is 2.67. The summed E-state index contributed by atoms with van der Waals surface area (Å²) in [5.41, 5.74) is 2.81. The van der Waals surface area contributed by atoms with Crippen molar-refractivity contribution < 1.29 is 9.47 Å². The molecule has 2 aromatic carbocycles. The van der Waals surface area contributed by atoms with Gasteiger partial charge in [-0.25, -0.2) is 0 Å². The Morgan fingerprint density at radius 1 is 1.15 bits per heavy atom. The molecule has 2 fully saturated rings. The molecule has 176 valence electrons. The van der Waals surface area contributed by atoms with Gasteiger partial charge in [0.15, 0.2) is 16.6 Å². The van der Waals surface area contributed by atoms with E-state index >= 15 is 0 Å². The standard InChI is InChI=1S/C27H35N3O2S/c1-4-15-28-26(33)29-22-12-13-27(21-10-11-23(31-2)24(17-21)32-3)14-16-30(25(27)18-22)19-20-8-6-5-7-9-20/h4-11,17,22,25H,1,12-16,18-19H2,2-3H3,(H2,28,29,33)/t22-,25+,27+/m1/s1. The van der Waals surface area contributed by atoms with E-state index < -0.39 is 0 Å². The summed E-state index contributed by atoms with van der Waals surface area (Å²) in [7, 11) is 3.40. The molecule has 0 radical (unpaired) electrons. The van der Waals surface area contributed by atoms with E-state index in [9.17, 15) is 0 Å². The SMILES string of the molecule is C=CCNC(=S)N[C@@H]1CC[C@@]2(c3ccc(OC)c(OC)c3)CCN(Cc3ccccc3)[C@H]2C1. The van der Waals surface area contributed by atoms with Crippen molar-refractivity contribution in [3.63, 3.8) is 0 Å². The van der Waals surface area contributed by atoms with E-state index in [1.165, 1.54) is 11.1 Å². The van der Waals surface area contributed by atoms with Crippen LogP contribution in [0.3, 0.4) is 0 Å². The van der Waals surface area contributed by atoms with E-state index in [0.29, 0.717) is 23.7 Å². The lowest BCUT2D eigenvalue weighted by molar-refractivity contribution is 0.134. The highest BCUT2D eigenvalue weighted by Gasteiger charge is 2.51. The van der Waals surface area contributed by atoms with Crippen LogP contribution in [-0.2, 0) is 12.0 Å². The number of hydrogen-bond donors (Lipinski definition) is 2. The smallest absolute Gasteiger partial charge is 0.166 e. The molecule has 2 aliphatic rings. The third-order valence-corrected chi connectivity index (χ3v) is 7.56. The second-order valence-electron chi connectivity index (χ2n) is 9.06. The Balaban J connectivity index is 1.61. The van der Waals surface area contributed by atoms with E-state index in [0.717, 1.165) is 50.3 Å². The summed E-state index contributed by atoms with van der Waals surface area (Å²) in [5.74, 6) is 1.59. The highest BCUT2D eigenvalue weighted by molar-refractivity contribution is 7.80. The van der Waals surface area contributed by atoms with Crippen molar-refractivity contribution in [2.75, 3.05) is 27.3 Å². The van der Waals surface area contributed by atoms with E-state index in [1.54, 1.807) is 14.2 Å². The molecule has 0 amide bonds. The summed E-state index contributed by atoms with van der Waals surface area (Å²) in [5, 5.41) is 7.49. The number of hydrogen-bond acceptors (Lipinski definition) is 4. The van der Waals surface area contributed by atoms with Gasteiger partial charge in [-0.1, -0.05) is 42.5 Å². The quantitative estimate of drug-likeness (QED) is 0.445. The molecule has 1 saturated carbocycles. The van der Waals surface area contributed by atoms with Gasteiger partial charge in [0.2, 0.25) is 0 Å². The molecule has 0 bridgehead atoms. The minimum absolute atomic E-state index is 0.0999. The van der Waals surface area contributed by atoms with Crippen molar-refractivity contribution in [1.29, 1.82) is 0 Å². The minimum Gasteiger partial charge on any atom is -0.493 e. The molecule has 5 nitrogen and oxygen atoms in total. The van der Waals surface area contributed by atoms with Gasteiger partial charge in [-0.05, 0) is 67.7 Å². The van der Waals surface area contributed by atoms with Crippen molar-refractivity contribution in [3.05, 3.63) is 72.3 Å². The number of fused-ring (bicyclic) bond motifs is 1. The van der Waals surface area contributed by atoms with Gasteiger partial charge in [0.05, 0.1) is 14.2 Å². The number of rotatable bonds is 8. The summed E-state index contributed by atoms with van der Waals surface area (Å²) in [6.45, 7) is 6.49. The third kappa shape index (κ3) is 5.02. The number of methoxy groups -OCH3 is 2. The van der Waals surface area contributed by atoms with E-state index in [-0.39, 0.29) is 5.41 Å². The first kappa shape index (κ1) is 23.6. The lowest BCUT2D eigenvalue weighted by Crippen LogP contribution is -2.53. The van der Waals surface area contributed by atoms with Crippen molar-refractivity contribution in [2.45, 2.75) is 49.7 Å². The molecule has 0 spiro atoms. The number of likely N-dealkylation sites (tertiary alicyclic amines) is 1.